The van der Waals surface area contributed by atoms with E-state index in [2.05, 4.69) is 36.3 Å². The van der Waals surface area contributed by atoms with Gasteiger partial charge in [0.25, 0.3) is 11.8 Å². The molecule has 4 fully saturated rings. The molecule has 4 saturated heterocycles. The molecule has 3 aromatic carbocycles. The maximum atomic E-state index is 17.0. The number of nitrogens with one attached hydrogen (secondary N) is 2. The van der Waals surface area contributed by atoms with Crippen LogP contribution in [0.1, 0.15) is 76.8 Å². The van der Waals surface area contributed by atoms with Crippen LogP contribution < -0.4 is 20.3 Å². The number of terminal acetylenes is 1. The van der Waals surface area contributed by atoms with Gasteiger partial charge in [0.15, 0.2) is 5.82 Å². The normalized spacial score (nSPS) is 22.6. The minimum absolute atomic E-state index is 0.0139. The number of benzene rings is 3. The Morgan fingerprint density at radius 2 is 1.77 bits per heavy atom. The van der Waals surface area contributed by atoms with Crippen LogP contribution >= 0.6 is 0 Å². The fourth-order valence-electron chi connectivity index (χ4n) is 9.91. The molecule has 0 spiro atoms. The molecular formula is C46H43FN8O6. The Bertz CT molecular complexity index is 2710. The molecule has 5 aliphatic rings. The van der Waals surface area contributed by atoms with Crippen molar-refractivity contribution in [3.63, 3.8) is 0 Å². The van der Waals surface area contributed by atoms with Gasteiger partial charge < -0.3 is 20.1 Å². The Hall–Kier alpha value is -6.50. The number of aryl methyl sites for hydroxylation is 1. The third-order valence-electron chi connectivity index (χ3n) is 12.9. The molecule has 2 aromatic heterocycles. The molecule has 14 nitrogen and oxygen atoms in total. The van der Waals surface area contributed by atoms with E-state index in [0.717, 1.165) is 55.7 Å². The summed E-state index contributed by atoms with van der Waals surface area (Å²) in [7, 11) is 0. The Balaban J connectivity index is 0.872. The van der Waals surface area contributed by atoms with E-state index in [4.69, 9.17) is 16.1 Å². The SMILES string of the molecule is C#Cc1cccc2cc(O)cc(-c3ncc4c(N5C[C@H]6CC[C@@H](C5)N6)nc(OC[C@@H]5CCCN5CCCc5ccc6c(c5)C(=O)N(C5CCC(=O)NC5=O)C6=O)nc4c3F)c12. The minimum Gasteiger partial charge on any atom is -0.508 e. The van der Waals surface area contributed by atoms with Gasteiger partial charge in [0.1, 0.15) is 35.4 Å². The number of imide groups is 2. The quantitative estimate of drug-likeness (QED) is 0.134. The van der Waals surface area contributed by atoms with Crippen molar-refractivity contribution in [1.29, 1.82) is 0 Å². The number of halogens is 1. The zero-order chi connectivity index (χ0) is 41.9. The summed E-state index contributed by atoms with van der Waals surface area (Å²) in [5, 5.41) is 18.3. The number of carbonyl (C=O) groups excluding carboxylic acids is 4. The predicted octanol–water partition coefficient (Wildman–Crippen LogP) is 4.49. The number of ether oxygens (including phenoxy) is 1. The Morgan fingerprint density at radius 3 is 2.57 bits per heavy atom. The van der Waals surface area contributed by atoms with Crippen molar-refractivity contribution < 1.29 is 33.4 Å². The lowest BCUT2D eigenvalue weighted by molar-refractivity contribution is -0.136. The van der Waals surface area contributed by atoms with E-state index in [0.29, 0.717) is 71.3 Å². The first-order chi connectivity index (χ1) is 29.6. The van der Waals surface area contributed by atoms with Gasteiger partial charge in [0.2, 0.25) is 11.8 Å². The summed E-state index contributed by atoms with van der Waals surface area (Å²) in [6.07, 6.45) is 13.1. The number of aromatic hydroxyl groups is 1. The first kappa shape index (κ1) is 38.7. The number of anilines is 1. The number of piperazine rings is 1. The molecular weight excluding hydrogens is 780 g/mol. The van der Waals surface area contributed by atoms with Crippen molar-refractivity contribution in [2.45, 2.75) is 75.5 Å². The number of carbonyl (C=O) groups is 4. The van der Waals surface area contributed by atoms with Gasteiger partial charge in [0.05, 0.1) is 16.5 Å². The summed E-state index contributed by atoms with van der Waals surface area (Å²) < 4.78 is 23.4. The molecule has 10 rings (SSSR count). The van der Waals surface area contributed by atoms with Crippen molar-refractivity contribution in [2.75, 3.05) is 37.7 Å². The van der Waals surface area contributed by atoms with Crippen LogP contribution in [-0.4, -0.2) is 110 Å². The smallest absolute Gasteiger partial charge is 0.319 e. The summed E-state index contributed by atoms with van der Waals surface area (Å²) in [6.45, 7) is 3.34. The summed E-state index contributed by atoms with van der Waals surface area (Å²) in [4.78, 5) is 70.4. The fourth-order valence-corrected chi connectivity index (χ4v) is 9.91. The summed E-state index contributed by atoms with van der Waals surface area (Å²) in [5.74, 6) is 0.468. The van der Waals surface area contributed by atoms with E-state index >= 15 is 4.39 Å². The highest BCUT2D eigenvalue weighted by Crippen LogP contribution is 2.39. The van der Waals surface area contributed by atoms with E-state index in [-0.39, 0.29) is 53.0 Å². The molecule has 310 valence electrons. The second-order valence-corrected chi connectivity index (χ2v) is 16.7. The van der Waals surface area contributed by atoms with Gasteiger partial charge in [-0.05, 0) is 99.3 Å². The lowest BCUT2D eigenvalue weighted by atomic mass is 9.96. The van der Waals surface area contributed by atoms with Crippen molar-refractivity contribution in [3.05, 3.63) is 82.8 Å². The first-order valence-electron chi connectivity index (χ1n) is 20.9. The maximum Gasteiger partial charge on any atom is 0.319 e. The van der Waals surface area contributed by atoms with E-state index in [9.17, 15) is 24.3 Å². The molecule has 5 aliphatic heterocycles. The molecule has 4 atom stereocenters. The van der Waals surface area contributed by atoms with Crippen LogP contribution in [-0.2, 0) is 16.0 Å². The Kier molecular flexibility index (Phi) is 9.84. The molecule has 1 unspecified atom stereocenters. The van der Waals surface area contributed by atoms with Gasteiger partial charge >= 0.3 is 6.01 Å². The monoisotopic (exact) mass is 822 g/mol. The second-order valence-electron chi connectivity index (χ2n) is 16.7. The van der Waals surface area contributed by atoms with E-state index < -0.39 is 35.5 Å². The Morgan fingerprint density at radius 1 is 0.951 bits per heavy atom. The minimum atomic E-state index is -1.01. The van der Waals surface area contributed by atoms with E-state index in [1.807, 2.05) is 12.1 Å². The number of phenolic OH excluding ortho intramolecular Hbond substituents is 1. The van der Waals surface area contributed by atoms with Crippen LogP contribution in [0.25, 0.3) is 32.9 Å². The number of piperidine rings is 1. The molecule has 0 radical (unpaired) electrons. The maximum absolute atomic E-state index is 17.0. The molecule has 3 N–H and O–H groups in total. The lowest BCUT2D eigenvalue weighted by Crippen LogP contribution is -2.54. The number of aromatic nitrogens is 3. The third-order valence-corrected chi connectivity index (χ3v) is 12.9. The van der Waals surface area contributed by atoms with Gasteiger partial charge in [-0.3, -0.25) is 39.3 Å². The largest absolute Gasteiger partial charge is 0.508 e. The number of phenols is 1. The highest BCUT2D eigenvalue weighted by Gasteiger charge is 2.44. The number of fused-ring (bicyclic) bond motifs is 5. The number of amides is 4. The fraction of sp³-hybridized carbons (Fsp3) is 0.370. The second kappa shape index (κ2) is 15.5. The molecule has 4 amide bonds. The van der Waals surface area contributed by atoms with Crippen LogP contribution in [0.5, 0.6) is 11.8 Å². The predicted molar refractivity (Wildman–Crippen MR) is 224 cm³/mol. The molecule has 7 heterocycles. The van der Waals surface area contributed by atoms with Crippen LogP contribution in [0, 0.1) is 18.2 Å². The van der Waals surface area contributed by atoms with Gasteiger partial charge in [-0.1, -0.05) is 24.1 Å². The number of hydrogen-bond donors (Lipinski definition) is 3. The average Bonchev–Trinajstić information content (AvgIpc) is 3.93. The zero-order valence-corrected chi connectivity index (χ0v) is 33.3. The number of likely N-dealkylation sites (tertiary alicyclic amines) is 1. The van der Waals surface area contributed by atoms with Gasteiger partial charge in [-0.2, -0.15) is 9.97 Å². The number of nitrogens with zero attached hydrogens (tertiary/aromatic N) is 6. The highest BCUT2D eigenvalue weighted by atomic mass is 19.1. The highest BCUT2D eigenvalue weighted by molar-refractivity contribution is 6.23. The molecule has 15 heteroatoms. The molecule has 0 saturated carbocycles. The lowest BCUT2D eigenvalue weighted by Gasteiger charge is -2.34. The van der Waals surface area contributed by atoms with Crippen molar-refractivity contribution >= 4 is 51.1 Å². The van der Waals surface area contributed by atoms with Crippen LogP contribution in [0.2, 0.25) is 0 Å². The zero-order valence-electron chi connectivity index (χ0n) is 33.3. The van der Waals surface area contributed by atoms with Crippen LogP contribution in [0.3, 0.4) is 0 Å². The molecule has 2 bridgehead atoms. The summed E-state index contributed by atoms with van der Waals surface area (Å²) in [6, 6.07) is 13.4. The van der Waals surface area contributed by atoms with Crippen molar-refractivity contribution in [2.24, 2.45) is 0 Å². The van der Waals surface area contributed by atoms with Crippen molar-refractivity contribution in [1.82, 2.24) is 35.4 Å². The average molecular weight is 823 g/mol. The van der Waals surface area contributed by atoms with E-state index in [1.54, 1.807) is 36.5 Å². The van der Waals surface area contributed by atoms with Gasteiger partial charge in [0, 0.05) is 60.3 Å². The molecule has 5 aromatic rings. The summed E-state index contributed by atoms with van der Waals surface area (Å²) >= 11 is 0. The topological polar surface area (TPSA) is 170 Å². The number of pyridine rings is 1. The van der Waals surface area contributed by atoms with Crippen LogP contribution in [0.4, 0.5) is 10.2 Å². The van der Waals surface area contributed by atoms with E-state index in [1.165, 1.54) is 6.07 Å². The van der Waals surface area contributed by atoms with Crippen LogP contribution in [0.15, 0.2) is 54.7 Å². The first-order valence-corrected chi connectivity index (χ1v) is 20.9. The molecule has 61 heavy (non-hydrogen) atoms. The van der Waals surface area contributed by atoms with Gasteiger partial charge in [-0.15, -0.1) is 6.42 Å². The third kappa shape index (κ3) is 6.99. The number of hydrogen-bond acceptors (Lipinski definition) is 12. The van der Waals surface area contributed by atoms with Crippen molar-refractivity contribution in [3.8, 4) is 35.4 Å². The van der Waals surface area contributed by atoms with Gasteiger partial charge in [-0.25, -0.2) is 4.39 Å². The number of rotatable bonds is 10. The molecule has 0 aliphatic carbocycles. The summed E-state index contributed by atoms with van der Waals surface area (Å²) in [5.41, 5.74) is 2.44. The Labute approximate surface area is 350 Å². The standard InChI is InChI=1S/C46H43FN8O6/c1-2-26-7-3-8-27-19-31(56)20-34(38(26)27)40-39(47)41-35(21-48-40)42(54-22-28-11-12-29(23-54)49-28)52-46(51-41)61-24-30-9-5-17-53(30)16-4-6-25-10-13-32-33(18-25)45(60)55(44(32)59)36-14-15-37(57)50-43(36)58/h1,3,7-8,10,13,18-21,28-30,36,49,56H,4-6,9,11-12,14-17,22-24H2,(H,50,57,58)/t28-,29+,30-,36?/m0/s1.